The molecule has 0 aliphatic rings. The van der Waals surface area contributed by atoms with Crippen LogP contribution in [0.25, 0.3) is 0 Å². The van der Waals surface area contributed by atoms with Crippen molar-refractivity contribution in [2.75, 3.05) is 10.6 Å². The maximum atomic E-state index is 11.7. The second-order valence-electron chi connectivity index (χ2n) is 5.49. The van der Waals surface area contributed by atoms with Gasteiger partial charge in [0.05, 0.1) is 20.7 Å². The molecule has 0 unspecified atom stereocenters. The molecule has 0 radical (unpaired) electrons. The maximum absolute atomic E-state index is 11.7. The summed E-state index contributed by atoms with van der Waals surface area (Å²) in [5.74, 6) is -0.0117. The third-order valence-corrected chi connectivity index (χ3v) is 4.72. The molecular weight excluding hydrogens is 413 g/mol. The van der Waals surface area contributed by atoms with Gasteiger partial charge in [0.1, 0.15) is 6.33 Å². The van der Waals surface area contributed by atoms with Crippen LogP contribution in [-0.4, -0.2) is 14.9 Å². The molecule has 3 rings (SSSR count). The Bertz CT molecular complexity index is 1010. The summed E-state index contributed by atoms with van der Waals surface area (Å²) in [5, 5.41) is 18.5. The van der Waals surface area contributed by atoms with Gasteiger partial charge < -0.3 is 10.6 Å². The minimum atomic E-state index is -0.580. The summed E-state index contributed by atoms with van der Waals surface area (Å²) in [6, 6.07) is 10.1. The molecular formula is C17H12Cl3N5O2. The molecule has 0 spiro atoms. The molecule has 0 fully saturated rings. The van der Waals surface area contributed by atoms with Crippen molar-refractivity contribution in [1.29, 1.82) is 0 Å². The Hall–Kier alpha value is -2.61. The van der Waals surface area contributed by atoms with Gasteiger partial charge in [-0.3, -0.25) is 10.1 Å². The van der Waals surface area contributed by atoms with Gasteiger partial charge in [0, 0.05) is 10.7 Å². The van der Waals surface area contributed by atoms with Crippen molar-refractivity contribution in [3.8, 4) is 0 Å². The Kier molecular flexibility index (Phi) is 5.65. The van der Waals surface area contributed by atoms with Crippen molar-refractivity contribution >= 4 is 63.5 Å². The molecule has 3 aromatic rings. The average Bonchev–Trinajstić information content (AvgIpc) is 2.62. The highest BCUT2D eigenvalue weighted by Crippen LogP contribution is 2.37. The summed E-state index contributed by atoms with van der Waals surface area (Å²) >= 11 is 18.1. The molecule has 1 aromatic heterocycles. The highest BCUT2D eigenvalue weighted by molar-refractivity contribution is 6.43. The molecule has 0 bridgehead atoms. The van der Waals surface area contributed by atoms with E-state index in [9.17, 15) is 10.1 Å². The number of anilines is 4. The Morgan fingerprint density at radius 2 is 1.67 bits per heavy atom. The molecule has 2 N–H and O–H groups in total. The molecule has 0 aliphatic carbocycles. The fraction of sp³-hybridized carbons (Fsp3) is 0.0588. The van der Waals surface area contributed by atoms with E-state index in [1.54, 1.807) is 36.4 Å². The van der Waals surface area contributed by atoms with E-state index in [1.165, 1.54) is 6.33 Å². The lowest BCUT2D eigenvalue weighted by Gasteiger charge is -2.12. The minimum absolute atomic E-state index is 0.0148. The van der Waals surface area contributed by atoms with Gasteiger partial charge in [-0.05, 0) is 36.8 Å². The van der Waals surface area contributed by atoms with E-state index in [-0.39, 0.29) is 22.3 Å². The normalized spacial score (nSPS) is 10.5. The summed E-state index contributed by atoms with van der Waals surface area (Å²) in [6.07, 6.45) is 1.20. The number of nitrogens with one attached hydrogen (secondary N) is 2. The largest absolute Gasteiger partial charge is 0.353 e. The third-order valence-electron chi connectivity index (χ3n) is 3.66. The fourth-order valence-corrected chi connectivity index (χ4v) is 2.84. The number of hydrogen-bond acceptors (Lipinski definition) is 6. The molecule has 27 heavy (non-hydrogen) atoms. The molecule has 0 atom stereocenters. The predicted molar refractivity (Wildman–Crippen MR) is 108 cm³/mol. The lowest BCUT2D eigenvalue weighted by atomic mass is 10.2. The van der Waals surface area contributed by atoms with Crippen LogP contribution in [0.15, 0.2) is 42.7 Å². The number of benzene rings is 2. The summed E-state index contributed by atoms with van der Waals surface area (Å²) < 4.78 is 0. The van der Waals surface area contributed by atoms with E-state index in [4.69, 9.17) is 34.8 Å². The number of rotatable bonds is 5. The van der Waals surface area contributed by atoms with Crippen LogP contribution in [0.5, 0.6) is 0 Å². The van der Waals surface area contributed by atoms with E-state index < -0.39 is 4.92 Å². The zero-order valence-corrected chi connectivity index (χ0v) is 16.1. The molecule has 0 aliphatic heterocycles. The van der Waals surface area contributed by atoms with Crippen molar-refractivity contribution in [2.45, 2.75) is 6.92 Å². The summed E-state index contributed by atoms with van der Waals surface area (Å²) in [6.45, 7) is 1.84. The van der Waals surface area contributed by atoms with Gasteiger partial charge in [0.25, 0.3) is 0 Å². The van der Waals surface area contributed by atoms with Crippen molar-refractivity contribution < 1.29 is 4.92 Å². The quantitative estimate of drug-likeness (QED) is 0.377. The molecule has 7 nitrogen and oxygen atoms in total. The van der Waals surface area contributed by atoms with Gasteiger partial charge in [0.2, 0.25) is 11.6 Å². The first-order chi connectivity index (χ1) is 12.9. The Labute approximate surface area is 169 Å². The van der Waals surface area contributed by atoms with Gasteiger partial charge in [-0.25, -0.2) is 9.97 Å². The molecule has 138 valence electrons. The molecule has 1 heterocycles. The van der Waals surface area contributed by atoms with Crippen LogP contribution in [0.2, 0.25) is 15.1 Å². The van der Waals surface area contributed by atoms with Crippen LogP contribution in [0.1, 0.15) is 5.56 Å². The van der Waals surface area contributed by atoms with Gasteiger partial charge in [-0.1, -0.05) is 46.9 Å². The average molecular weight is 425 g/mol. The van der Waals surface area contributed by atoms with Gasteiger partial charge in [0.15, 0.2) is 0 Å². The van der Waals surface area contributed by atoms with Crippen LogP contribution < -0.4 is 10.6 Å². The van der Waals surface area contributed by atoms with Crippen molar-refractivity contribution in [3.05, 3.63) is 73.5 Å². The second-order valence-corrected chi connectivity index (χ2v) is 6.71. The monoisotopic (exact) mass is 423 g/mol. The minimum Gasteiger partial charge on any atom is -0.334 e. The third kappa shape index (κ3) is 4.21. The Balaban J connectivity index is 2.04. The van der Waals surface area contributed by atoms with E-state index in [2.05, 4.69) is 20.6 Å². The van der Waals surface area contributed by atoms with Crippen LogP contribution >= 0.6 is 34.8 Å². The van der Waals surface area contributed by atoms with Gasteiger partial charge >= 0.3 is 5.69 Å². The molecule has 2 aromatic carbocycles. The number of hydrogen-bond donors (Lipinski definition) is 2. The van der Waals surface area contributed by atoms with E-state index >= 15 is 0 Å². The summed E-state index contributed by atoms with van der Waals surface area (Å²) in [5.41, 5.74) is 1.49. The first-order valence-corrected chi connectivity index (χ1v) is 8.74. The molecule has 0 saturated carbocycles. The first-order valence-electron chi connectivity index (χ1n) is 7.60. The Morgan fingerprint density at radius 1 is 1.00 bits per heavy atom. The lowest BCUT2D eigenvalue weighted by molar-refractivity contribution is -0.383. The first kappa shape index (κ1) is 19.2. The lowest BCUT2D eigenvalue weighted by Crippen LogP contribution is -2.06. The smallest absolute Gasteiger partial charge is 0.334 e. The number of aromatic nitrogens is 2. The summed E-state index contributed by atoms with van der Waals surface area (Å²) in [7, 11) is 0. The number of halogens is 3. The van der Waals surface area contributed by atoms with Crippen molar-refractivity contribution in [2.24, 2.45) is 0 Å². The highest BCUT2D eigenvalue weighted by atomic mass is 35.5. The van der Waals surface area contributed by atoms with Gasteiger partial charge in [-0.2, -0.15) is 0 Å². The van der Waals surface area contributed by atoms with Crippen molar-refractivity contribution in [1.82, 2.24) is 9.97 Å². The second kappa shape index (κ2) is 7.96. The van der Waals surface area contributed by atoms with Crippen molar-refractivity contribution in [3.63, 3.8) is 0 Å². The topological polar surface area (TPSA) is 93.0 Å². The summed E-state index contributed by atoms with van der Waals surface area (Å²) in [4.78, 5) is 19.1. The number of aryl methyl sites for hydroxylation is 1. The van der Waals surface area contributed by atoms with E-state index in [0.29, 0.717) is 21.4 Å². The fourth-order valence-electron chi connectivity index (χ4n) is 2.32. The van der Waals surface area contributed by atoms with Crippen LogP contribution in [0.3, 0.4) is 0 Å². The predicted octanol–water partition coefficient (Wildman–Crippen LogP) is 6.14. The molecule has 10 heteroatoms. The number of nitro groups is 1. The SMILES string of the molecule is Cc1ccc(Cl)cc1Nc1ncnc(Nc2cccc(Cl)c2Cl)c1[N+](=O)[O-]. The zero-order chi connectivity index (χ0) is 19.6. The standard InChI is InChI=1S/C17H12Cl3N5O2/c1-9-5-6-10(18)7-13(9)24-17-15(25(26)27)16(21-8-22-17)23-12-4-2-3-11(19)14(12)20/h2-8H,1H3,(H2,21,22,23,24). The van der Waals surface area contributed by atoms with E-state index in [1.807, 2.05) is 6.92 Å². The Morgan fingerprint density at radius 3 is 2.33 bits per heavy atom. The van der Waals surface area contributed by atoms with E-state index in [0.717, 1.165) is 5.56 Å². The molecule has 0 saturated heterocycles. The number of nitrogens with zero attached hydrogens (tertiary/aromatic N) is 3. The highest BCUT2D eigenvalue weighted by Gasteiger charge is 2.24. The van der Waals surface area contributed by atoms with Crippen LogP contribution in [0, 0.1) is 17.0 Å². The molecule has 0 amide bonds. The maximum Gasteiger partial charge on any atom is 0.353 e. The van der Waals surface area contributed by atoms with Crippen LogP contribution in [-0.2, 0) is 0 Å². The van der Waals surface area contributed by atoms with Crippen LogP contribution in [0.4, 0.5) is 28.7 Å². The van der Waals surface area contributed by atoms with Gasteiger partial charge in [-0.15, -0.1) is 0 Å². The zero-order valence-electron chi connectivity index (χ0n) is 13.8.